The molecule has 7 nitrogen and oxygen atoms in total. The van der Waals surface area contributed by atoms with Gasteiger partial charge in [-0.3, -0.25) is 4.52 Å². The average molecular weight is 504 g/mol. The van der Waals surface area contributed by atoms with Crippen molar-refractivity contribution in [2.45, 2.75) is 70.3 Å². The SMILES string of the molecule is CCCCCCCCc1ccc(CCC(CO)(COP(=O)(O)O)n2cc3ccccc3c2O)cc1. The van der Waals surface area contributed by atoms with Gasteiger partial charge in [-0.15, -0.1) is 0 Å². The van der Waals surface area contributed by atoms with Gasteiger partial charge in [0.05, 0.1) is 18.8 Å². The third-order valence-corrected chi connectivity index (χ3v) is 7.19. The minimum Gasteiger partial charge on any atom is -0.494 e. The van der Waals surface area contributed by atoms with Gasteiger partial charge in [0, 0.05) is 17.0 Å². The summed E-state index contributed by atoms with van der Waals surface area (Å²) in [6.45, 7) is 1.32. The summed E-state index contributed by atoms with van der Waals surface area (Å²) in [5.74, 6) is -0.0711. The zero-order valence-electron chi connectivity index (χ0n) is 20.5. The highest BCUT2D eigenvalue weighted by Crippen LogP contribution is 2.41. The number of unbranched alkanes of at least 4 members (excludes halogenated alkanes) is 5. The van der Waals surface area contributed by atoms with Crippen molar-refractivity contribution >= 4 is 18.6 Å². The van der Waals surface area contributed by atoms with E-state index in [1.165, 1.54) is 48.7 Å². The zero-order valence-corrected chi connectivity index (χ0v) is 21.4. The number of aliphatic hydroxyl groups excluding tert-OH is 1. The molecule has 0 fully saturated rings. The van der Waals surface area contributed by atoms with E-state index in [2.05, 4.69) is 31.2 Å². The van der Waals surface area contributed by atoms with E-state index in [1.54, 1.807) is 18.3 Å². The van der Waals surface area contributed by atoms with Crippen LogP contribution in [0.25, 0.3) is 10.8 Å². The molecular formula is C27H38NO6P. The van der Waals surface area contributed by atoms with E-state index in [-0.39, 0.29) is 5.88 Å². The summed E-state index contributed by atoms with van der Waals surface area (Å²) in [4.78, 5) is 18.6. The average Bonchev–Trinajstić information content (AvgIpc) is 3.19. The van der Waals surface area contributed by atoms with Gasteiger partial charge in [-0.1, -0.05) is 81.5 Å². The lowest BCUT2D eigenvalue weighted by atomic mass is 9.91. The molecule has 35 heavy (non-hydrogen) atoms. The van der Waals surface area contributed by atoms with Gasteiger partial charge >= 0.3 is 7.82 Å². The zero-order chi connectivity index (χ0) is 25.3. The first-order valence-electron chi connectivity index (χ1n) is 12.5. The van der Waals surface area contributed by atoms with Crippen LogP contribution in [0.5, 0.6) is 5.88 Å². The molecule has 0 aliphatic carbocycles. The van der Waals surface area contributed by atoms with Crippen molar-refractivity contribution in [2.24, 2.45) is 0 Å². The van der Waals surface area contributed by atoms with Crippen molar-refractivity contribution < 1.29 is 29.1 Å². The number of benzene rings is 2. The number of phosphoric ester groups is 1. The lowest BCUT2D eigenvalue weighted by molar-refractivity contribution is 0.0470. The Morgan fingerprint density at radius 1 is 0.914 bits per heavy atom. The van der Waals surface area contributed by atoms with Crippen molar-refractivity contribution in [2.75, 3.05) is 13.2 Å². The van der Waals surface area contributed by atoms with Gasteiger partial charge in [-0.2, -0.15) is 0 Å². The molecule has 0 saturated heterocycles. The summed E-state index contributed by atoms with van der Waals surface area (Å²) in [5.41, 5.74) is 1.08. The number of rotatable bonds is 15. The number of hydrogen-bond acceptors (Lipinski definition) is 4. The molecule has 0 radical (unpaired) electrons. The number of aromatic hydroxyl groups is 1. The normalized spacial score (nSPS) is 13.8. The Bertz CT molecular complexity index is 1110. The molecule has 1 heterocycles. The standard InChI is InChI=1S/C27H38NO6P/c1-2-3-4-5-6-7-10-22-13-15-23(16-14-22)17-18-27(20-29,21-34-35(31,32)33)28-19-24-11-8-9-12-25(24)26(28)30/h8-9,11-16,19,29-30H,2-7,10,17-18,20-21H2,1H3,(H2,31,32,33). The van der Waals surface area contributed by atoms with Gasteiger partial charge in [0.2, 0.25) is 0 Å². The summed E-state index contributed by atoms with van der Waals surface area (Å²) < 4.78 is 17.8. The Labute approximate surface area is 207 Å². The van der Waals surface area contributed by atoms with Crippen molar-refractivity contribution in [1.29, 1.82) is 0 Å². The van der Waals surface area contributed by atoms with Crippen LogP contribution in [0.3, 0.4) is 0 Å². The van der Waals surface area contributed by atoms with Crippen LogP contribution in [0.4, 0.5) is 0 Å². The van der Waals surface area contributed by atoms with E-state index in [9.17, 15) is 24.6 Å². The number of fused-ring (bicyclic) bond motifs is 1. The molecule has 2 aromatic carbocycles. The third-order valence-electron chi connectivity index (χ3n) is 6.73. The molecule has 0 aliphatic rings. The van der Waals surface area contributed by atoms with Crippen molar-refractivity contribution in [3.8, 4) is 5.88 Å². The van der Waals surface area contributed by atoms with Crippen LogP contribution >= 0.6 is 7.82 Å². The maximum atomic E-state index is 11.5. The van der Waals surface area contributed by atoms with Crippen LogP contribution in [-0.2, 0) is 27.5 Å². The molecule has 0 saturated carbocycles. The van der Waals surface area contributed by atoms with Gasteiger partial charge in [0.25, 0.3) is 0 Å². The van der Waals surface area contributed by atoms with E-state index in [0.29, 0.717) is 18.2 Å². The van der Waals surface area contributed by atoms with Crippen molar-refractivity contribution in [1.82, 2.24) is 4.57 Å². The largest absolute Gasteiger partial charge is 0.494 e. The summed E-state index contributed by atoms with van der Waals surface area (Å²) in [6, 6.07) is 15.6. The Hall–Kier alpha value is -2.15. The Morgan fingerprint density at radius 2 is 1.54 bits per heavy atom. The predicted octanol–water partition coefficient (Wildman–Crippen LogP) is 5.68. The fourth-order valence-corrected chi connectivity index (χ4v) is 4.94. The smallest absolute Gasteiger partial charge is 0.469 e. The van der Waals surface area contributed by atoms with Crippen LogP contribution in [0.1, 0.15) is 63.0 Å². The van der Waals surface area contributed by atoms with Crippen molar-refractivity contribution in [3.63, 3.8) is 0 Å². The molecule has 1 aromatic heterocycles. The first-order valence-corrected chi connectivity index (χ1v) is 14.0. The first kappa shape index (κ1) is 27.4. The van der Waals surface area contributed by atoms with Gasteiger partial charge in [-0.05, 0) is 42.9 Å². The Balaban J connectivity index is 1.72. The van der Waals surface area contributed by atoms with Crippen LogP contribution < -0.4 is 0 Å². The van der Waals surface area contributed by atoms with Gasteiger partial charge in [-0.25, -0.2) is 4.57 Å². The Morgan fingerprint density at radius 3 is 2.17 bits per heavy atom. The molecule has 3 aromatic rings. The minimum atomic E-state index is -4.77. The summed E-state index contributed by atoms with van der Waals surface area (Å²) >= 11 is 0. The monoisotopic (exact) mass is 503 g/mol. The van der Waals surface area contributed by atoms with E-state index in [1.807, 2.05) is 12.1 Å². The molecule has 8 heteroatoms. The number of hydrogen-bond donors (Lipinski definition) is 4. The van der Waals surface area contributed by atoms with Crippen LogP contribution in [-0.4, -0.2) is 37.8 Å². The van der Waals surface area contributed by atoms with E-state index < -0.39 is 26.6 Å². The second-order valence-electron chi connectivity index (χ2n) is 9.39. The number of aliphatic hydroxyl groups is 1. The predicted molar refractivity (Wildman–Crippen MR) is 139 cm³/mol. The van der Waals surface area contributed by atoms with Gasteiger partial charge in [0.1, 0.15) is 0 Å². The molecular weight excluding hydrogens is 465 g/mol. The molecule has 0 aliphatic heterocycles. The number of aryl methyl sites for hydroxylation is 2. The number of nitrogens with zero attached hydrogens (tertiary/aromatic N) is 1. The molecule has 4 N–H and O–H groups in total. The lowest BCUT2D eigenvalue weighted by Crippen LogP contribution is -2.42. The maximum absolute atomic E-state index is 11.5. The highest BCUT2D eigenvalue weighted by atomic mass is 31.2. The van der Waals surface area contributed by atoms with Crippen LogP contribution in [0.2, 0.25) is 0 Å². The number of aromatic nitrogens is 1. The molecule has 0 spiro atoms. The van der Waals surface area contributed by atoms with Crippen LogP contribution in [0.15, 0.2) is 54.7 Å². The van der Waals surface area contributed by atoms with Crippen LogP contribution in [0, 0.1) is 0 Å². The van der Waals surface area contributed by atoms with E-state index in [0.717, 1.165) is 17.4 Å². The van der Waals surface area contributed by atoms with E-state index in [4.69, 9.17) is 4.52 Å². The Kier molecular flexibility index (Phi) is 9.96. The molecule has 3 rings (SSSR count). The first-order chi connectivity index (χ1) is 16.8. The highest BCUT2D eigenvalue weighted by Gasteiger charge is 2.36. The minimum absolute atomic E-state index is 0.0711. The fourth-order valence-electron chi connectivity index (χ4n) is 4.53. The molecule has 1 atom stereocenters. The van der Waals surface area contributed by atoms with Crippen molar-refractivity contribution in [3.05, 3.63) is 65.9 Å². The lowest BCUT2D eigenvalue weighted by Gasteiger charge is -2.34. The summed E-state index contributed by atoms with van der Waals surface area (Å²) in [7, 11) is -4.77. The quantitative estimate of drug-likeness (QED) is 0.157. The number of phosphoric acid groups is 1. The second kappa shape index (κ2) is 12.7. The molecule has 0 amide bonds. The fraction of sp³-hybridized carbons (Fsp3) is 0.481. The topological polar surface area (TPSA) is 112 Å². The molecule has 0 bridgehead atoms. The highest BCUT2D eigenvalue weighted by molar-refractivity contribution is 7.46. The second-order valence-corrected chi connectivity index (χ2v) is 10.6. The third kappa shape index (κ3) is 7.66. The van der Waals surface area contributed by atoms with Gasteiger partial charge < -0.3 is 24.6 Å². The maximum Gasteiger partial charge on any atom is 0.469 e. The molecule has 1 unspecified atom stereocenters. The van der Waals surface area contributed by atoms with Gasteiger partial charge in [0.15, 0.2) is 5.88 Å². The van der Waals surface area contributed by atoms with E-state index >= 15 is 0 Å². The summed E-state index contributed by atoms with van der Waals surface area (Å²) in [6.07, 6.45) is 11.2. The molecule has 192 valence electrons. The summed E-state index contributed by atoms with van der Waals surface area (Å²) in [5, 5.41) is 22.6.